The molecule has 0 saturated heterocycles. The van der Waals surface area contributed by atoms with E-state index in [4.69, 9.17) is 0 Å². The zero-order valence-corrected chi connectivity index (χ0v) is 9.67. The van der Waals surface area contributed by atoms with Gasteiger partial charge in [0.05, 0.1) is 16.3 Å². The summed E-state index contributed by atoms with van der Waals surface area (Å²) in [5.41, 5.74) is 0.553. The van der Waals surface area contributed by atoms with Crippen LogP contribution in [0.15, 0.2) is 12.4 Å². The molecule has 9 heteroatoms. The summed E-state index contributed by atoms with van der Waals surface area (Å²) in [5.74, 6) is -0.629. The maximum Gasteiger partial charge on any atom is 0.319 e. The Labute approximate surface area is 101 Å². The van der Waals surface area contributed by atoms with E-state index in [1.165, 1.54) is 4.68 Å². The third kappa shape index (κ3) is 2.05. The quantitative estimate of drug-likeness (QED) is 0.611. The summed E-state index contributed by atoms with van der Waals surface area (Å²) in [5, 5.41) is 23.0. The van der Waals surface area contributed by atoms with Gasteiger partial charge in [-0.1, -0.05) is 0 Å². The minimum Gasteiger partial charge on any atom is -0.317 e. The van der Waals surface area contributed by atoms with E-state index in [9.17, 15) is 14.9 Å². The van der Waals surface area contributed by atoms with Gasteiger partial charge < -0.3 is 5.32 Å². The topological polar surface area (TPSA) is 119 Å². The number of H-pyrrole nitrogens is 1. The predicted molar refractivity (Wildman–Crippen MR) is 61.1 cm³/mol. The van der Waals surface area contributed by atoms with Gasteiger partial charge in [-0.15, -0.1) is 0 Å². The molecule has 0 bridgehead atoms. The van der Waals surface area contributed by atoms with Crippen LogP contribution in [0.25, 0.3) is 0 Å². The van der Waals surface area contributed by atoms with Gasteiger partial charge in [-0.05, 0) is 6.92 Å². The van der Waals surface area contributed by atoms with Crippen molar-refractivity contribution in [2.45, 2.75) is 6.92 Å². The SMILES string of the molecule is Cc1nn(C)cc1NC(=O)c1[nH]ncc1[N+](=O)[O-]. The monoisotopic (exact) mass is 250 g/mol. The van der Waals surface area contributed by atoms with E-state index in [1.807, 2.05) is 0 Å². The van der Waals surface area contributed by atoms with Crippen LogP contribution in [-0.2, 0) is 7.05 Å². The zero-order chi connectivity index (χ0) is 13.3. The molecule has 0 aliphatic carbocycles. The summed E-state index contributed by atoms with van der Waals surface area (Å²) < 4.78 is 1.53. The van der Waals surface area contributed by atoms with E-state index in [0.717, 1.165) is 6.20 Å². The number of carbonyl (C=O) groups is 1. The molecule has 2 aromatic rings. The molecular weight excluding hydrogens is 240 g/mol. The van der Waals surface area contributed by atoms with E-state index in [0.29, 0.717) is 11.4 Å². The molecule has 0 aromatic carbocycles. The van der Waals surface area contributed by atoms with E-state index in [-0.39, 0.29) is 11.4 Å². The smallest absolute Gasteiger partial charge is 0.317 e. The number of hydrogen-bond donors (Lipinski definition) is 2. The van der Waals surface area contributed by atoms with Crippen molar-refractivity contribution in [1.82, 2.24) is 20.0 Å². The number of anilines is 1. The highest BCUT2D eigenvalue weighted by molar-refractivity contribution is 6.05. The molecule has 0 saturated carbocycles. The number of aryl methyl sites for hydroxylation is 2. The number of carbonyl (C=O) groups excluding carboxylic acids is 1. The fourth-order valence-corrected chi connectivity index (χ4v) is 1.49. The molecule has 2 rings (SSSR count). The minimum absolute atomic E-state index is 0.191. The Bertz CT molecular complexity index is 614. The number of nitrogens with one attached hydrogen (secondary N) is 2. The van der Waals surface area contributed by atoms with Crippen molar-refractivity contribution in [2.24, 2.45) is 7.05 Å². The second-order valence-electron chi connectivity index (χ2n) is 3.64. The van der Waals surface area contributed by atoms with Crippen LogP contribution in [0, 0.1) is 17.0 Å². The molecule has 9 nitrogen and oxygen atoms in total. The van der Waals surface area contributed by atoms with Crippen LogP contribution < -0.4 is 5.32 Å². The van der Waals surface area contributed by atoms with Crippen molar-refractivity contribution in [2.75, 3.05) is 5.32 Å². The molecule has 94 valence electrons. The van der Waals surface area contributed by atoms with E-state index >= 15 is 0 Å². The summed E-state index contributed by atoms with van der Waals surface area (Å²) in [7, 11) is 1.71. The minimum atomic E-state index is -0.672. The van der Waals surface area contributed by atoms with Crippen LogP contribution in [0.3, 0.4) is 0 Å². The number of nitro groups is 1. The van der Waals surface area contributed by atoms with Gasteiger partial charge in [0.25, 0.3) is 5.91 Å². The summed E-state index contributed by atoms with van der Waals surface area (Å²) in [6.07, 6.45) is 2.60. The van der Waals surface area contributed by atoms with Crippen molar-refractivity contribution in [3.63, 3.8) is 0 Å². The third-order valence-electron chi connectivity index (χ3n) is 2.30. The normalized spacial score (nSPS) is 10.3. The Morgan fingerprint density at radius 1 is 1.61 bits per heavy atom. The maximum absolute atomic E-state index is 11.8. The van der Waals surface area contributed by atoms with Gasteiger partial charge in [-0.3, -0.25) is 24.7 Å². The molecule has 0 aliphatic heterocycles. The van der Waals surface area contributed by atoms with Gasteiger partial charge in [0.2, 0.25) is 5.69 Å². The lowest BCUT2D eigenvalue weighted by Crippen LogP contribution is -2.14. The van der Waals surface area contributed by atoms with Gasteiger partial charge in [-0.2, -0.15) is 10.2 Å². The molecule has 2 heterocycles. The first kappa shape index (κ1) is 11.8. The second-order valence-corrected chi connectivity index (χ2v) is 3.64. The number of hydrogen-bond acceptors (Lipinski definition) is 5. The number of amides is 1. The second kappa shape index (κ2) is 4.28. The Kier molecular flexibility index (Phi) is 2.80. The molecule has 0 aliphatic rings. The molecule has 18 heavy (non-hydrogen) atoms. The highest BCUT2D eigenvalue weighted by Crippen LogP contribution is 2.18. The van der Waals surface area contributed by atoms with Crippen molar-refractivity contribution in [3.8, 4) is 0 Å². The first-order chi connectivity index (χ1) is 8.49. The lowest BCUT2D eigenvalue weighted by Gasteiger charge is -2.00. The Morgan fingerprint density at radius 3 is 2.89 bits per heavy atom. The zero-order valence-electron chi connectivity index (χ0n) is 9.67. The van der Waals surface area contributed by atoms with Crippen molar-refractivity contribution in [3.05, 3.63) is 33.9 Å². The lowest BCUT2D eigenvalue weighted by atomic mass is 10.3. The van der Waals surface area contributed by atoms with Crippen molar-refractivity contribution >= 4 is 17.3 Å². The first-order valence-electron chi connectivity index (χ1n) is 4.98. The van der Waals surface area contributed by atoms with E-state index in [1.54, 1.807) is 20.2 Å². The number of aromatic amines is 1. The van der Waals surface area contributed by atoms with Crippen LogP contribution in [-0.4, -0.2) is 30.8 Å². The van der Waals surface area contributed by atoms with E-state index < -0.39 is 10.8 Å². The molecule has 0 fully saturated rings. The summed E-state index contributed by atoms with van der Waals surface area (Å²) in [6.45, 7) is 1.72. The summed E-state index contributed by atoms with van der Waals surface area (Å²) in [6, 6.07) is 0. The summed E-state index contributed by atoms with van der Waals surface area (Å²) in [4.78, 5) is 21.8. The van der Waals surface area contributed by atoms with Gasteiger partial charge in [0.15, 0.2) is 0 Å². The average molecular weight is 250 g/mol. The fraction of sp³-hybridized carbons (Fsp3) is 0.222. The maximum atomic E-state index is 11.8. The molecule has 0 spiro atoms. The third-order valence-corrected chi connectivity index (χ3v) is 2.30. The molecule has 0 unspecified atom stereocenters. The number of nitrogens with zero attached hydrogens (tertiary/aromatic N) is 4. The number of aromatic nitrogens is 4. The van der Waals surface area contributed by atoms with Crippen molar-refractivity contribution in [1.29, 1.82) is 0 Å². The average Bonchev–Trinajstić information content (AvgIpc) is 2.86. The molecule has 2 aromatic heterocycles. The van der Waals surface area contributed by atoms with Gasteiger partial charge in [-0.25, -0.2) is 0 Å². The number of rotatable bonds is 3. The van der Waals surface area contributed by atoms with Crippen molar-refractivity contribution < 1.29 is 9.72 Å². The van der Waals surface area contributed by atoms with Crippen LogP contribution in [0.1, 0.15) is 16.2 Å². The highest BCUT2D eigenvalue weighted by Gasteiger charge is 2.23. The molecule has 0 atom stereocenters. The first-order valence-corrected chi connectivity index (χ1v) is 4.98. The molecule has 0 radical (unpaired) electrons. The van der Waals surface area contributed by atoms with Crippen LogP contribution >= 0.6 is 0 Å². The van der Waals surface area contributed by atoms with Gasteiger partial charge >= 0.3 is 5.69 Å². The fourth-order valence-electron chi connectivity index (χ4n) is 1.49. The van der Waals surface area contributed by atoms with Crippen LogP contribution in [0.5, 0.6) is 0 Å². The lowest BCUT2D eigenvalue weighted by molar-refractivity contribution is -0.385. The standard InChI is InChI=1S/C9H10N6O3/c1-5-6(4-14(2)13-5)11-9(16)8-7(15(17)18)3-10-12-8/h3-4H,1-2H3,(H,10,12)(H,11,16). The Hall–Kier alpha value is -2.71. The largest absolute Gasteiger partial charge is 0.319 e. The van der Waals surface area contributed by atoms with Crippen LogP contribution in [0.4, 0.5) is 11.4 Å². The van der Waals surface area contributed by atoms with E-state index in [2.05, 4.69) is 20.6 Å². The molecule has 2 N–H and O–H groups in total. The Morgan fingerprint density at radius 2 is 2.33 bits per heavy atom. The highest BCUT2D eigenvalue weighted by atomic mass is 16.6. The van der Waals surface area contributed by atoms with Gasteiger partial charge in [0.1, 0.15) is 6.20 Å². The van der Waals surface area contributed by atoms with Gasteiger partial charge in [0, 0.05) is 13.2 Å². The molecule has 1 amide bonds. The summed E-state index contributed by atoms with van der Waals surface area (Å²) >= 11 is 0. The van der Waals surface area contributed by atoms with Crippen LogP contribution in [0.2, 0.25) is 0 Å². The Balaban J connectivity index is 2.25. The molecular formula is C9H10N6O3. The predicted octanol–water partition coefficient (Wildman–Crippen LogP) is 0.612.